The molecule has 2 atom stereocenters. The third-order valence-electron chi connectivity index (χ3n) is 2.57. The van der Waals surface area contributed by atoms with Crippen LogP contribution in [-0.2, 0) is 9.53 Å². The molecule has 2 aliphatic rings. The van der Waals surface area contributed by atoms with Crippen LogP contribution >= 0.6 is 12.4 Å². The number of nitrogens with one attached hydrogen (secondary N) is 1. The smallest absolute Gasteiger partial charge is 0.305 e. The van der Waals surface area contributed by atoms with Crippen LogP contribution in [0.1, 0.15) is 13.3 Å². The second kappa shape index (κ2) is 3.62. The number of carbonyl (C=O) groups excluding carboxylic acids is 1. The Morgan fingerprint density at radius 2 is 2.08 bits per heavy atom. The summed E-state index contributed by atoms with van der Waals surface area (Å²) >= 11 is 0. The Morgan fingerprint density at radius 1 is 1.50 bits per heavy atom. The summed E-state index contributed by atoms with van der Waals surface area (Å²) < 4.78 is 5.20. The summed E-state index contributed by atoms with van der Waals surface area (Å²) in [4.78, 5) is 10.9. The van der Waals surface area contributed by atoms with Crippen molar-refractivity contribution in [2.45, 2.75) is 19.4 Å². The van der Waals surface area contributed by atoms with Crippen LogP contribution in [0.25, 0.3) is 0 Å². The van der Waals surface area contributed by atoms with Crippen molar-refractivity contribution in [2.75, 3.05) is 13.1 Å². The molecule has 1 aliphatic carbocycles. The number of ether oxygens (including phenoxy) is 1. The summed E-state index contributed by atoms with van der Waals surface area (Å²) in [6.07, 6.45) is 0.757. The highest BCUT2D eigenvalue weighted by atomic mass is 35.5. The molecule has 1 aliphatic heterocycles. The lowest BCUT2D eigenvalue weighted by Crippen LogP contribution is -2.20. The molecule has 0 radical (unpaired) electrons. The summed E-state index contributed by atoms with van der Waals surface area (Å²) in [5.74, 6) is 1.21. The van der Waals surface area contributed by atoms with Crippen molar-refractivity contribution in [3.8, 4) is 0 Å². The normalized spacial score (nSPS) is 36.6. The van der Waals surface area contributed by atoms with E-state index in [9.17, 15) is 4.79 Å². The SMILES string of the molecule is CCC(=O)OC1C2CNCC21.Cl. The van der Waals surface area contributed by atoms with E-state index in [-0.39, 0.29) is 24.5 Å². The second-order valence-corrected chi connectivity index (χ2v) is 3.29. The first-order valence-electron chi connectivity index (χ1n) is 4.23. The van der Waals surface area contributed by atoms with E-state index in [1.54, 1.807) is 0 Å². The minimum absolute atomic E-state index is 0. The molecule has 3 nitrogen and oxygen atoms in total. The molecule has 0 bridgehead atoms. The number of carbonyl (C=O) groups is 1. The van der Waals surface area contributed by atoms with E-state index in [1.165, 1.54) is 0 Å². The third kappa shape index (κ3) is 1.57. The molecule has 2 unspecified atom stereocenters. The van der Waals surface area contributed by atoms with Crippen LogP contribution in [0, 0.1) is 11.8 Å². The third-order valence-corrected chi connectivity index (χ3v) is 2.57. The Balaban J connectivity index is 0.000000720. The average Bonchev–Trinajstić information content (AvgIpc) is 2.52. The van der Waals surface area contributed by atoms with Gasteiger partial charge in [0.05, 0.1) is 0 Å². The lowest BCUT2D eigenvalue weighted by Gasteiger charge is -2.04. The van der Waals surface area contributed by atoms with Crippen LogP contribution in [0.5, 0.6) is 0 Å². The van der Waals surface area contributed by atoms with Crippen molar-refractivity contribution in [2.24, 2.45) is 11.8 Å². The van der Waals surface area contributed by atoms with Gasteiger partial charge in [0.25, 0.3) is 0 Å². The van der Waals surface area contributed by atoms with E-state index < -0.39 is 0 Å². The maximum atomic E-state index is 10.9. The largest absolute Gasteiger partial charge is 0.462 e. The van der Waals surface area contributed by atoms with Gasteiger partial charge in [-0.25, -0.2) is 0 Å². The predicted molar refractivity (Wildman–Crippen MR) is 47.3 cm³/mol. The summed E-state index contributed by atoms with van der Waals surface area (Å²) in [5.41, 5.74) is 0. The Morgan fingerprint density at radius 3 is 2.58 bits per heavy atom. The number of hydrogen-bond acceptors (Lipinski definition) is 3. The number of halogens is 1. The van der Waals surface area contributed by atoms with Crippen LogP contribution in [0.2, 0.25) is 0 Å². The number of rotatable bonds is 2. The van der Waals surface area contributed by atoms with Gasteiger partial charge in [0.2, 0.25) is 0 Å². The van der Waals surface area contributed by atoms with Gasteiger partial charge in [-0.05, 0) is 0 Å². The fraction of sp³-hybridized carbons (Fsp3) is 0.875. The topological polar surface area (TPSA) is 38.3 Å². The van der Waals surface area contributed by atoms with Crippen LogP contribution in [-0.4, -0.2) is 25.2 Å². The maximum Gasteiger partial charge on any atom is 0.305 e. The van der Waals surface area contributed by atoms with Gasteiger partial charge in [0.15, 0.2) is 0 Å². The van der Waals surface area contributed by atoms with Crippen molar-refractivity contribution < 1.29 is 9.53 Å². The molecule has 1 saturated heterocycles. The second-order valence-electron chi connectivity index (χ2n) is 3.29. The molecular weight excluding hydrogens is 178 g/mol. The van der Waals surface area contributed by atoms with Crippen LogP contribution in [0.15, 0.2) is 0 Å². The number of hydrogen-bond donors (Lipinski definition) is 1. The van der Waals surface area contributed by atoms with E-state index in [0.717, 1.165) is 13.1 Å². The Kier molecular flexibility index (Phi) is 2.96. The van der Waals surface area contributed by atoms with Crippen LogP contribution in [0.4, 0.5) is 0 Å². The van der Waals surface area contributed by atoms with E-state index >= 15 is 0 Å². The lowest BCUT2D eigenvalue weighted by molar-refractivity contribution is -0.145. The van der Waals surface area contributed by atoms with Crippen molar-refractivity contribution in [3.63, 3.8) is 0 Å². The summed E-state index contributed by atoms with van der Waals surface area (Å²) in [7, 11) is 0. The number of esters is 1. The van der Waals surface area contributed by atoms with Gasteiger partial charge < -0.3 is 10.1 Å². The molecule has 1 N–H and O–H groups in total. The summed E-state index contributed by atoms with van der Waals surface area (Å²) in [5, 5.41) is 3.25. The summed E-state index contributed by atoms with van der Waals surface area (Å²) in [6, 6.07) is 0. The van der Waals surface area contributed by atoms with Gasteiger partial charge >= 0.3 is 5.97 Å². The quantitative estimate of drug-likeness (QED) is 0.649. The molecule has 12 heavy (non-hydrogen) atoms. The molecule has 0 spiro atoms. The lowest BCUT2D eigenvalue weighted by atomic mass is 10.4. The Labute approximate surface area is 78.3 Å². The maximum absolute atomic E-state index is 10.9. The Bertz CT molecular complexity index is 176. The highest BCUT2D eigenvalue weighted by molar-refractivity contribution is 5.85. The molecular formula is C8H14ClNO2. The zero-order chi connectivity index (χ0) is 7.84. The Hall–Kier alpha value is -0.280. The number of fused-ring (bicyclic) bond motifs is 1. The van der Waals surface area contributed by atoms with Crippen LogP contribution < -0.4 is 5.32 Å². The monoisotopic (exact) mass is 191 g/mol. The molecule has 2 fully saturated rings. The van der Waals surface area contributed by atoms with Crippen LogP contribution in [0.3, 0.4) is 0 Å². The molecule has 1 heterocycles. The van der Waals surface area contributed by atoms with Gasteiger partial charge in [-0.2, -0.15) is 0 Å². The molecule has 70 valence electrons. The molecule has 0 aromatic rings. The molecule has 0 aromatic carbocycles. The minimum atomic E-state index is -0.0515. The average molecular weight is 192 g/mol. The molecule has 2 rings (SSSR count). The fourth-order valence-electron chi connectivity index (χ4n) is 1.77. The molecule has 0 amide bonds. The standard InChI is InChI=1S/C8H13NO2.ClH/c1-2-7(10)11-8-5-3-9-4-6(5)8;/h5-6,8-9H,2-4H2,1H3;1H. The molecule has 4 heteroatoms. The zero-order valence-corrected chi connectivity index (χ0v) is 7.89. The van der Waals surface area contributed by atoms with Gasteiger partial charge in [-0.15, -0.1) is 12.4 Å². The van der Waals surface area contributed by atoms with Gasteiger partial charge in [0, 0.05) is 31.3 Å². The highest BCUT2D eigenvalue weighted by Gasteiger charge is 2.55. The highest BCUT2D eigenvalue weighted by Crippen LogP contribution is 2.44. The first kappa shape index (κ1) is 9.81. The minimum Gasteiger partial charge on any atom is -0.462 e. The van der Waals surface area contributed by atoms with Crippen molar-refractivity contribution >= 4 is 18.4 Å². The summed E-state index contributed by atoms with van der Waals surface area (Å²) in [6.45, 7) is 3.90. The van der Waals surface area contributed by atoms with E-state index in [2.05, 4.69) is 5.32 Å². The van der Waals surface area contributed by atoms with Gasteiger partial charge in [-0.1, -0.05) is 6.92 Å². The van der Waals surface area contributed by atoms with Crippen molar-refractivity contribution in [1.82, 2.24) is 5.32 Å². The van der Waals surface area contributed by atoms with Gasteiger partial charge in [-0.3, -0.25) is 4.79 Å². The van der Waals surface area contributed by atoms with Crippen molar-refractivity contribution in [3.05, 3.63) is 0 Å². The zero-order valence-electron chi connectivity index (χ0n) is 7.08. The van der Waals surface area contributed by atoms with E-state index in [0.29, 0.717) is 18.3 Å². The first-order valence-corrected chi connectivity index (χ1v) is 4.23. The van der Waals surface area contributed by atoms with Crippen molar-refractivity contribution in [1.29, 1.82) is 0 Å². The van der Waals surface area contributed by atoms with E-state index in [1.807, 2.05) is 6.92 Å². The fourth-order valence-corrected chi connectivity index (χ4v) is 1.77. The molecule has 1 saturated carbocycles. The predicted octanol–water partition coefficient (Wildman–Crippen LogP) is 0.579. The molecule has 0 aromatic heterocycles. The number of piperidine rings is 1. The first-order chi connectivity index (χ1) is 5.33. The van der Waals surface area contributed by atoms with Gasteiger partial charge in [0.1, 0.15) is 6.10 Å². The van der Waals surface area contributed by atoms with E-state index in [4.69, 9.17) is 4.74 Å².